The summed E-state index contributed by atoms with van der Waals surface area (Å²) < 4.78 is -0.891. The van der Waals surface area contributed by atoms with E-state index in [1.54, 1.807) is 24.2 Å². The Bertz CT molecular complexity index is 624. The summed E-state index contributed by atoms with van der Waals surface area (Å²) in [5.74, 6) is 0.127. The Hall–Kier alpha value is -1.89. The molecule has 0 unspecified atom stereocenters. The van der Waals surface area contributed by atoms with E-state index < -0.39 is 9.49 Å². The van der Waals surface area contributed by atoms with Crippen LogP contribution in [-0.4, -0.2) is 41.0 Å². The number of H-pyrrole nitrogens is 2. The van der Waals surface area contributed by atoms with Crippen LogP contribution in [0.2, 0.25) is 0 Å². The number of Topliss-reactive ketones (excluding diaryl/α,β-unsaturated/α-hetero) is 2. The van der Waals surface area contributed by atoms with E-state index in [-0.39, 0.29) is 11.6 Å². The summed E-state index contributed by atoms with van der Waals surface area (Å²) in [6.07, 6.45) is 9.44. The van der Waals surface area contributed by atoms with Gasteiger partial charge in [-0.15, -0.1) is 11.8 Å². The summed E-state index contributed by atoms with van der Waals surface area (Å²) in [4.78, 5) is 38.7. The smallest absolute Gasteiger partial charge is 0.196 e. The number of imidazole rings is 2. The van der Waals surface area contributed by atoms with Crippen LogP contribution in [0.3, 0.4) is 0 Å². The Morgan fingerprint density at radius 1 is 0.905 bits per heavy atom. The maximum Gasteiger partial charge on any atom is 0.196 e. The van der Waals surface area contributed by atoms with Crippen molar-refractivity contribution in [1.29, 1.82) is 0 Å². The highest BCUT2D eigenvalue weighted by Crippen LogP contribution is 2.63. The molecule has 4 rings (SSSR count). The van der Waals surface area contributed by atoms with E-state index in [1.807, 2.05) is 0 Å². The molecule has 108 valence electrons. The third-order valence-electron chi connectivity index (χ3n) is 4.11. The van der Waals surface area contributed by atoms with Crippen molar-refractivity contribution in [2.45, 2.75) is 35.2 Å². The highest BCUT2D eigenvalue weighted by atomic mass is 32.2. The molecular formula is C14H14N4O2S. The van der Waals surface area contributed by atoms with Gasteiger partial charge in [-0.3, -0.25) is 9.59 Å². The molecule has 0 saturated heterocycles. The minimum absolute atomic E-state index is 0.0636. The molecule has 0 aliphatic heterocycles. The van der Waals surface area contributed by atoms with Gasteiger partial charge in [0.1, 0.15) is 11.4 Å². The second-order valence-electron chi connectivity index (χ2n) is 5.68. The number of hydrogen-bond acceptors (Lipinski definition) is 5. The normalized spacial score (nSPS) is 21.0. The first-order chi connectivity index (χ1) is 10.2. The number of thioether (sulfide) groups is 1. The lowest BCUT2D eigenvalue weighted by atomic mass is 10.2. The van der Waals surface area contributed by atoms with E-state index in [0.717, 1.165) is 25.7 Å². The number of aromatic amines is 2. The molecule has 0 atom stereocenters. The summed E-state index contributed by atoms with van der Waals surface area (Å²) in [6, 6.07) is 0. The van der Waals surface area contributed by atoms with Crippen LogP contribution in [0.5, 0.6) is 0 Å². The fraction of sp³-hybridized carbons (Fsp3) is 0.429. The maximum atomic E-state index is 12.6. The summed E-state index contributed by atoms with van der Waals surface area (Å²) in [7, 11) is 0. The van der Waals surface area contributed by atoms with Gasteiger partial charge in [0, 0.05) is 0 Å². The second kappa shape index (κ2) is 4.30. The summed E-state index contributed by atoms with van der Waals surface area (Å²) in [5.41, 5.74) is 1.06. The Morgan fingerprint density at radius 2 is 1.33 bits per heavy atom. The Kier molecular flexibility index (Phi) is 2.63. The Labute approximate surface area is 125 Å². The molecule has 0 bridgehead atoms. The van der Waals surface area contributed by atoms with Gasteiger partial charge in [0.2, 0.25) is 0 Å². The molecule has 2 saturated carbocycles. The number of hydrogen-bond donors (Lipinski definition) is 2. The zero-order chi connectivity index (χ0) is 14.5. The molecule has 2 aromatic heterocycles. The minimum atomic E-state index is -0.446. The van der Waals surface area contributed by atoms with Crippen LogP contribution < -0.4 is 0 Å². The first-order valence-electron chi connectivity index (χ1n) is 6.92. The van der Waals surface area contributed by atoms with Crippen molar-refractivity contribution in [1.82, 2.24) is 19.9 Å². The first-order valence-corrected chi connectivity index (χ1v) is 7.73. The van der Waals surface area contributed by atoms with Gasteiger partial charge < -0.3 is 9.97 Å². The van der Waals surface area contributed by atoms with Crippen molar-refractivity contribution in [2.75, 3.05) is 0 Å². The predicted octanol–water partition coefficient (Wildman–Crippen LogP) is 2.00. The van der Waals surface area contributed by atoms with E-state index in [2.05, 4.69) is 19.9 Å². The van der Waals surface area contributed by atoms with Gasteiger partial charge in [-0.2, -0.15) is 0 Å². The molecule has 0 radical (unpaired) electrons. The zero-order valence-electron chi connectivity index (χ0n) is 11.3. The molecule has 6 nitrogen and oxygen atoms in total. The molecule has 2 aliphatic rings. The fourth-order valence-corrected chi connectivity index (χ4v) is 4.37. The van der Waals surface area contributed by atoms with Crippen LogP contribution >= 0.6 is 11.8 Å². The first kappa shape index (κ1) is 12.8. The largest absolute Gasteiger partial charge is 0.342 e. The lowest BCUT2D eigenvalue weighted by Gasteiger charge is -2.19. The third-order valence-corrected chi connectivity index (χ3v) is 6.08. The Balaban J connectivity index is 1.56. The van der Waals surface area contributed by atoms with E-state index in [0.29, 0.717) is 11.4 Å². The average molecular weight is 302 g/mol. The number of nitrogens with one attached hydrogen (secondary N) is 2. The third kappa shape index (κ3) is 2.03. The summed E-state index contributed by atoms with van der Waals surface area (Å²) in [6.45, 7) is 0. The number of carbonyl (C=O) groups excluding carboxylic acids is 2. The summed E-state index contributed by atoms with van der Waals surface area (Å²) >= 11 is 1.54. The molecule has 0 spiro atoms. The van der Waals surface area contributed by atoms with Crippen molar-refractivity contribution < 1.29 is 9.59 Å². The van der Waals surface area contributed by atoms with Crippen LogP contribution in [0.4, 0.5) is 0 Å². The molecule has 2 aromatic rings. The van der Waals surface area contributed by atoms with Gasteiger partial charge in [0.15, 0.2) is 11.6 Å². The van der Waals surface area contributed by atoms with Crippen molar-refractivity contribution in [2.24, 2.45) is 0 Å². The zero-order valence-corrected chi connectivity index (χ0v) is 12.1. The Morgan fingerprint density at radius 3 is 1.62 bits per heavy atom. The standard InChI is InChI=1S/C14H14N4O2S/c19-11(9-5-15-7-17-9)13(1-2-13)21-14(3-4-14)12(20)10-6-16-8-18-10/h5-8H,1-4H2,(H,15,17)(H,16,18). The van der Waals surface area contributed by atoms with Gasteiger partial charge in [-0.25, -0.2) is 9.97 Å². The highest BCUT2D eigenvalue weighted by Gasteiger charge is 2.62. The monoisotopic (exact) mass is 302 g/mol. The number of nitrogens with zero attached hydrogens (tertiary/aromatic N) is 2. The molecule has 2 fully saturated rings. The van der Waals surface area contributed by atoms with Gasteiger partial charge in [-0.1, -0.05) is 0 Å². The molecule has 7 heteroatoms. The number of rotatable bonds is 6. The van der Waals surface area contributed by atoms with Gasteiger partial charge >= 0.3 is 0 Å². The molecular weight excluding hydrogens is 288 g/mol. The van der Waals surface area contributed by atoms with E-state index in [1.165, 1.54) is 12.7 Å². The van der Waals surface area contributed by atoms with Crippen molar-refractivity contribution in [3.8, 4) is 0 Å². The van der Waals surface area contributed by atoms with Crippen LogP contribution in [0.1, 0.15) is 46.7 Å². The number of carbonyl (C=O) groups is 2. The average Bonchev–Trinajstić information content (AvgIpc) is 3.29. The van der Waals surface area contributed by atoms with Crippen LogP contribution in [0, 0.1) is 0 Å². The molecule has 0 aromatic carbocycles. The highest BCUT2D eigenvalue weighted by molar-refractivity contribution is 8.04. The van der Waals surface area contributed by atoms with Gasteiger partial charge in [0.05, 0.1) is 34.5 Å². The van der Waals surface area contributed by atoms with Crippen LogP contribution in [-0.2, 0) is 0 Å². The lowest BCUT2D eigenvalue weighted by molar-refractivity contribution is 0.0973. The van der Waals surface area contributed by atoms with Gasteiger partial charge in [0.25, 0.3) is 0 Å². The van der Waals surface area contributed by atoms with E-state index in [9.17, 15) is 9.59 Å². The molecule has 2 aliphatic carbocycles. The minimum Gasteiger partial charge on any atom is -0.342 e. The second-order valence-corrected chi connectivity index (χ2v) is 7.45. The van der Waals surface area contributed by atoms with Crippen molar-refractivity contribution >= 4 is 23.3 Å². The molecule has 2 heterocycles. The molecule has 0 amide bonds. The maximum absolute atomic E-state index is 12.6. The van der Waals surface area contributed by atoms with Gasteiger partial charge in [-0.05, 0) is 25.7 Å². The lowest BCUT2D eigenvalue weighted by Crippen LogP contribution is -2.28. The van der Waals surface area contributed by atoms with Crippen LogP contribution in [0.15, 0.2) is 25.0 Å². The predicted molar refractivity (Wildman–Crippen MR) is 77.4 cm³/mol. The SMILES string of the molecule is O=C(c1cnc[nH]1)C1(SC2(C(=O)c3cnc[nH]3)CC2)CC1. The van der Waals surface area contributed by atoms with E-state index >= 15 is 0 Å². The number of aromatic nitrogens is 4. The summed E-state index contributed by atoms with van der Waals surface area (Å²) in [5, 5.41) is 0. The quantitative estimate of drug-likeness (QED) is 0.796. The van der Waals surface area contributed by atoms with Crippen molar-refractivity contribution in [3.63, 3.8) is 0 Å². The van der Waals surface area contributed by atoms with Crippen LogP contribution in [0.25, 0.3) is 0 Å². The molecule has 2 N–H and O–H groups in total. The van der Waals surface area contributed by atoms with Crippen molar-refractivity contribution in [3.05, 3.63) is 36.4 Å². The topological polar surface area (TPSA) is 91.5 Å². The number of ketones is 2. The fourth-order valence-electron chi connectivity index (χ4n) is 2.60. The van der Waals surface area contributed by atoms with E-state index in [4.69, 9.17) is 0 Å². The molecule has 21 heavy (non-hydrogen) atoms.